The van der Waals surface area contributed by atoms with Crippen molar-refractivity contribution in [2.24, 2.45) is 0 Å². The first-order valence-corrected chi connectivity index (χ1v) is 9.50. The van der Waals surface area contributed by atoms with Crippen LogP contribution in [0, 0.1) is 18.2 Å². The SMILES string of the molecule is Cc1cc(-n2cc(F)cn2)ccc1-n1ccc(=O)c(/C(=C/C=N)Nc2ccccc2)n1. The summed E-state index contributed by atoms with van der Waals surface area (Å²) in [5.41, 5.74) is 3.44. The van der Waals surface area contributed by atoms with E-state index in [0.29, 0.717) is 11.4 Å². The second-order valence-electron chi connectivity index (χ2n) is 6.79. The average molecular weight is 414 g/mol. The molecule has 0 spiro atoms. The summed E-state index contributed by atoms with van der Waals surface area (Å²) < 4.78 is 16.3. The molecule has 0 aliphatic carbocycles. The Labute approximate surface area is 177 Å². The highest BCUT2D eigenvalue weighted by Crippen LogP contribution is 2.19. The van der Waals surface area contributed by atoms with E-state index in [4.69, 9.17) is 5.41 Å². The highest BCUT2D eigenvalue weighted by Gasteiger charge is 2.12. The third kappa shape index (κ3) is 4.32. The van der Waals surface area contributed by atoms with Gasteiger partial charge in [0.15, 0.2) is 11.5 Å². The van der Waals surface area contributed by atoms with Crippen molar-refractivity contribution < 1.29 is 4.39 Å². The number of benzene rings is 2. The number of allylic oxidation sites excluding steroid dienone is 1. The van der Waals surface area contributed by atoms with Crippen molar-refractivity contribution >= 4 is 17.6 Å². The Hall–Kier alpha value is -4.33. The van der Waals surface area contributed by atoms with Crippen LogP contribution in [-0.4, -0.2) is 25.8 Å². The van der Waals surface area contributed by atoms with Gasteiger partial charge in [-0.2, -0.15) is 10.2 Å². The number of aryl methyl sites for hydroxylation is 1. The lowest BCUT2D eigenvalue weighted by atomic mass is 10.1. The molecule has 0 saturated carbocycles. The summed E-state index contributed by atoms with van der Waals surface area (Å²) in [5.74, 6) is -0.412. The molecule has 0 unspecified atom stereocenters. The van der Waals surface area contributed by atoms with Crippen LogP contribution in [0.3, 0.4) is 0 Å². The van der Waals surface area contributed by atoms with E-state index in [9.17, 15) is 9.18 Å². The van der Waals surface area contributed by atoms with Gasteiger partial charge in [-0.25, -0.2) is 13.8 Å². The fourth-order valence-corrected chi connectivity index (χ4v) is 3.15. The smallest absolute Gasteiger partial charge is 0.209 e. The number of para-hydroxylation sites is 1. The lowest BCUT2D eigenvalue weighted by Crippen LogP contribution is -2.18. The molecule has 2 N–H and O–H groups in total. The van der Waals surface area contributed by atoms with E-state index in [1.807, 2.05) is 49.4 Å². The number of hydrogen-bond acceptors (Lipinski definition) is 5. The first-order chi connectivity index (χ1) is 15.0. The molecule has 0 atom stereocenters. The molecule has 2 aromatic heterocycles. The molecule has 7 nitrogen and oxygen atoms in total. The van der Waals surface area contributed by atoms with Crippen molar-refractivity contribution in [3.8, 4) is 11.4 Å². The van der Waals surface area contributed by atoms with Crippen LogP contribution in [0.4, 0.5) is 10.1 Å². The molecule has 8 heteroatoms. The van der Waals surface area contributed by atoms with Gasteiger partial charge in [0.1, 0.15) is 0 Å². The van der Waals surface area contributed by atoms with Crippen LogP contribution in [0.1, 0.15) is 11.3 Å². The average Bonchev–Trinajstić information content (AvgIpc) is 3.21. The molecule has 4 rings (SSSR count). The highest BCUT2D eigenvalue weighted by atomic mass is 19.1. The van der Waals surface area contributed by atoms with Gasteiger partial charge < -0.3 is 10.7 Å². The van der Waals surface area contributed by atoms with Crippen LogP contribution >= 0.6 is 0 Å². The lowest BCUT2D eigenvalue weighted by molar-refractivity contribution is 0.627. The van der Waals surface area contributed by atoms with Gasteiger partial charge in [-0.3, -0.25) is 4.79 Å². The van der Waals surface area contributed by atoms with E-state index in [0.717, 1.165) is 29.3 Å². The predicted octanol–water partition coefficient (Wildman–Crippen LogP) is 3.97. The molecule has 0 saturated heterocycles. The predicted molar refractivity (Wildman–Crippen MR) is 118 cm³/mol. The molecule has 0 bridgehead atoms. The Morgan fingerprint density at radius 2 is 1.94 bits per heavy atom. The van der Waals surface area contributed by atoms with Crippen LogP contribution in [0.25, 0.3) is 17.1 Å². The van der Waals surface area contributed by atoms with Crippen molar-refractivity contribution in [3.63, 3.8) is 0 Å². The first kappa shape index (κ1) is 20.0. The number of rotatable bonds is 6. The van der Waals surface area contributed by atoms with Gasteiger partial charge in [0.2, 0.25) is 5.43 Å². The molecule has 0 fully saturated rings. The third-order valence-electron chi connectivity index (χ3n) is 4.61. The molecule has 0 radical (unpaired) electrons. The Morgan fingerprint density at radius 3 is 2.61 bits per heavy atom. The minimum Gasteiger partial charge on any atom is -0.354 e. The maximum Gasteiger partial charge on any atom is 0.209 e. The van der Waals surface area contributed by atoms with Crippen molar-refractivity contribution in [3.05, 3.63) is 107 Å². The van der Waals surface area contributed by atoms with Crippen molar-refractivity contribution in [2.45, 2.75) is 6.92 Å². The van der Waals surface area contributed by atoms with Gasteiger partial charge in [-0.05, 0) is 48.9 Å². The van der Waals surface area contributed by atoms with E-state index in [1.165, 1.54) is 23.0 Å². The highest BCUT2D eigenvalue weighted by molar-refractivity contribution is 5.86. The maximum absolute atomic E-state index is 13.3. The van der Waals surface area contributed by atoms with Gasteiger partial charge in [-0.1, -0.05) is 18.2 Å². The molecule has 0 amide bonds. The monoisotopic (exact) mass is 414 g/mol. The van der Waals surface area contributed by atoms with Crippen LogP contribution in [0.15, 0.2) is 84.1 Å². The van der Waals surface area contributed by atoms with Crippen molar-refractivity contribution in [1.29, 1.82) is 5.41 Å². The topological polar surface area (TPSA) is 88.6 Å². The molecule has 154 valence electrons. The molecule has 31 heavy (non-hydrogen) atoms. The minimum atomic E-state index is -0.412. The molecule has 0 aliphatic rings. The summed E-state index contributed by atoms with van der Waals surface area (Å²) in [6.07, 6.45) is 6.63. The Balaban J connectivity index is 1.72. The van der Waals surface area contributed by atoms with Crippen molar-refractivity contribution in [1.82, 2.24) is 19.6 Å². The summed E-state index contributed by atoms with van der Waals surface area (Å²) in [6.45, 7) is 1.90. The summed E-state index contributed by atoms with van der Waals surface area (Å²) >= 11 is 0. The van der Waals surface area contributed by atoms with E-state index in [-0.39, 0.29) is 11.1 Å². The fourth-order valence-electron chi connectivity index (χ4n) is 3.15. The third-order valence-corrected chi connectivity index (χ3v) is 4.61. The largest absolute Gasteiger partial charge is 0.354 e. The first-order valence-electron chi connectivity index (χ1n) is 9.50. The standard InChI is InChI=1S/C23H19FN6O/c1-16-13-19(30-15-17(24)14-26-30)7-8-21(16)29-12-10-22(31)23(28-29)20(9-11-25)27-18-5-3-2-4-6-18/h2-15,25,27H,1H3/b20-9-,25-11?. The zero-order valence-electron chi connectivity index (χ0n) is 16.7. The van der Waals surface area contributed by atoms with E-state index >= 15 is 0 Å². The van der Waals surface area contributed by atoms with E-state index in [2.05, 4.69) is 15.5 Å². The molecule has 4 aromatic rings. The molecular weight excluding hydrogens is 395 g/mol. The summed E-state index contributed by atoms with van der Waals surface area (Å²) in [4.78, 5) is 12.6. The Kier molecular flexibility index (Phi) is 5.53. The lowest BCUT2D eigenvalue weighted by Gasteiger charge is -2.14. The molecule has 2 heterocycles. The number of halogens is 1. The Bertz CT molecular complexity index is 1320. The van der Waals surface area contributed by atoms with Gasteiger partial charge in [-0.15, -0.1) is 0 Å². The number of anilines is 1. The normalized spacial score (nSPS) is 11.4. The number of aromatic nitrogens is 4. The molecule has 0 aliphatic heterocycles. The quantitative estimate of drug-likeness (QED) is 0.467. The second-order valence-corrected chi connectivity index (χ2v) is 6.79. The summed E-state index contributed by atoms with van der Waals surface area (Å²) in [5, 5.41) is 19.1. The number of nitrogens with zero attached hydrogens (tertiary/aromatic N) is 4. The number of hydrogen-bond donors (Lipinski definition) is 2. The van der Waals surface area contributed by atoms with Gasteiger partial charge >= 0.3 is 0 Å². The van der Waals surface area contributed by atoms with Crippen LogP contribution in [0.5, 0.6) is 0 Å². The second kappa shape index (κ2) is 8.58. The summed E-state index contributed by atoms with van der Waals surface area (Å²) in [7, 11) is 0. The van der Waals surface area contributed by atoms with Crippen LogP contribution in [0.2, 0.25) is 0 Å². The van der Waals surface area contributed by atoms with E-state index in [1.54, 1.807) is 16.9 Å². The minimum absolute atomic E-state index is 0.187. The molecular formula is C23H19FN6O. The van der Waals surface area contributed by atoms with Crippen LogP contribution < -0.4 is 10.7 Å². The van der Waals surface area contributed by atoms with Crippen molar-refractivity contribution in [2.75, 3.05) is 5.32 Å². The Morgan fingerprint density at radius 1 is 1.13 bits per heavy atom. The van der Waals surface area contributed by atoms with Gasteiger partial charge in [0.25, 0.3) is 0 Å². The van der Waals surface area contributed by atoms with E-state index < -0.39 is 5.82 Å². The summed E-state index contributed by atoms with van der Waals surface area (Å²) in [6, 6.07) is 16.3. The van der Waals surface area contributed by atoms with Crippen LogP contribution in [-0.2, 0) is 0 Å². The number of nitrogens with one attached hydrogen (secondary N) is 2. The zero-order chi connectivity index (χ0) is 21.8. The zero-order valence-corrected chi connectivity index (χ0v) is 16.7. The molecule has 2 aromatic carbocycles. The van der Waals surface area contributed by atoms with Gasteiger partial charge in [0.05, 0.1) is 29.5 Å². The maximum atomic E-state index is 13.3. The fraction of sp³-hybridized carbons (Fsp3) is 0.0435. The van der Waals surface area contributed by atoms with Gasteiger partial charge in [0, 0.05) is 24.2 Å².